The minimum absolute atomic E-state index is 0.0875. The number of halogens is 2. The van der Waals surface area contributed by atoms with Crippen LogP contribution in [-0.2, 0) is 16.6 Å². The SMILES string of the molecule is CC(F)(F)C(N)=O.Cn1cc(-n2ncc3cc(N4C(=O)CC[C@H]4c4ccccc4)ccc32)cn1. The number of anilines is 1. The van der Waals surface area contributed by atoms with Gasteiger partial charge in [0.1, 0.15) is 5.69 Å². The van der Waals surface area contributed by atoms with Crippen LogP contribution in [0.25, 0.3) is 16.6 Å². The van der Waals surface area contributed by atoms with Crippen molar-refractivity contribution >= 4 is 28.4 Å². The predicted octanol–water partition coefficient (Wildman–Crippen LogP) is 3.75. The van der Waals surface area contributed by atoms with Gasteiger partial charge in [0.15, 0.2) is 0 Å². The van der Waals surface area contributed by atoms with Gasteiger partial charge in [-0.2, -0.15) is 19.0 Å². The molecule has 8 nitrogen and oxygen atoms in total. The lowest BCUT2D eigenvalue weighted by molar-refractivity contribution is -0.139. The summed E-state index contributed by atoms with van der Waals surface area (Å²) in [7, 11) is 1.88. The van der Waals surface area contributed by atoms with Crippen molar-refractivity contribution in [2.75, 3.05) is 4.90 Å². The van der Waals surface area contributed by atoms with Crippen LogP contribution in [0.4, 0.5) is 14.5 Å². The number of alkyl halides is 2. The van der Waals surface area contributed by atoms with Gasteiger partial charge in [0.25, 0.3) is 5.91 Å². The van der Waals surface area contributed by atoms with Gasteiger partial charge in [-0.25, -0.2) is 4.68 Å². The number of fused-ring (bicyclic) bond motifs is 1. The quantitative estimate of drug-likeness (QED) is 0.495. The molecule has 1 saturated heterocycles. The fourth-order valence-corrected chi connectivity index (χ4v) is 3.89. The van der Waals surface area contributed by atoms with E-state index in [9.17, 15) is 18.4 Å². The maximum Gasteiger partial charge on any atom is 0.321 e. The van der Waals surface area contributed by atoms with Crippen LogP contribution in [0.3, 0.4) is 0 Å². The number of nitrogens with zero attached hydrogens (tertiary/aromatic N) is 5. The van der Waals surface area contributed by atoms with Crippen LogP contribution in [0.1, 0.15) is 31.4 Å². The Labute approximate surface area is 194 Å². The van der Waals surface area contributed by atoms with Gasteiger partial charge in [-0.3, -0.25) is 14.3 Å². The summed E-state index contributed by atoms with van der Waals surface area (Å²) in [6.45, 7) is 0.454. The summed E-state index contributed by atoms with van der Waals surface area (Å²) in [6, 6.07) is 16.4. The molecule has 2 aromatic carbocycles. The molecule has 5 rings (SSSR count). The number of benzene rings is 2. The molecular formula is C24H24F2N6O2. The number of amides is 2. The molecule has 0 spiro atoms. The van der Waals surface area contributed by atoms with E-state index in [4.69, 9.17) is 0 Å². The Balaban J connectivity index is 0.000000344. The van der Waals surface area contributed by atoms with Crippen LogP contribution in [0.5, 0.6) is 0 Å². The molecule has 2 aromatic heterocycles. The van der Waals surface area contributed by atoms with Crippen molar-refractivity contribution in [2.45, 2.75) is 31.7 Å². The van der Waals surface area contributed by atoms with Crippen molar-refractivity contribution in [2.24, 2.45) is 12.8 Å². The zero-order valence-electron chi connectivity index (χ0n) is 18.7. The summed E-state index contributed by atoms with van der Waals surface area (Å²) < 4.78 is 26.4. The summed E-state index contributed by atoms with van der Waals surface area (Å²) in [5.41, 5.74) is 8.19. The van der Waals surface area contributed by atoms with E-state index >= 15 is 0 Å². The van der Waals surface area contributed by atoms with Gasteiger partial charge in [-0.15, -0.1) is 0 Å². The highest BCUT2D eigenvalue weighted by Crippen LogP contribution is 2.38. The van der Waals surface area contributed by atoms with Gasteiger partial charge in [0.05, 0.1) is 30.1 Å². The second kappa shape index (κ2) is 9.05. The molecule has 0 bridgehead atoms. The smallest absolute Gasteiger partial charge is 0.321 e. The molecule has 1 atom stereocenters. The van der Waals surface area contributed by atoms with Gasteiger partial charge < -0.3 is 10.6 Å². The fraction of sp³-hybridized carbons (Fsp3) is 0.250. The highest BCUT2D eigenvalue weighted by atomic mass is 19.3. The first kappa shape index (κ1) is 23.1. The Bertz CT molecular complexity index is 1330. The molecule has 2 N–H and O–H groups in total. The predicted molar refractivity (Wildman–Crippen MR) is 124 cm³/mol. The number of rotatable bonds is 4. The first-order valence-electron chi connectivity index (χ1n) is 10.7. The van der Waals surface area contributed by atoms with E-state index in [1.807, 2.05) is 65.4 Å². The van der Waals surface area contributed by atoms with Gasteiger partial charge in [0, 0.05) is 31.5 Å². The van der Waals surface area contributed by atoms with Crippen LogP contribution in [0, 0.1) is 0 Å². The van der Waals surface area contributed by atoms with E-state index in [1.165, 1.54) is 5.56 Å². The third-order valence-electron chi connectivity index (χ3n) is 5.59. The summed E-state index contributed by atoms with van der Waals surface area (Å²) in [6.07, 6.45) is 6.97. The van der Waals surface area contributed by atoms with Crippen LogP contribution in [-0.4, -0.2) is 37.3 Å². The van der Waals surface area contributed by atoms with E-state index in [1.54, 1.807) is 10.9 Å². The lowest BCUT2D eigenvalue weighted by atomic mass is 10.0. The van der Waals surface area contributed by atoms with E-state index in [2.05, 4.69) is 28.1 Å². The molecule has 1 fully saturated rings. The van der Waals surface area contributed by atoms with Gasteiger partial charge in [0.2, 0.25) is 5.91 Å². The molecule has 1 aliphatic rings. The van der Waals surface area contributed by atoms with Gasteiger partial charge in [-0.05, 0) is 30.2 Å². The zero-order chi connectivity index (χ0) is 24.5. The van der Waals surface area contributed by atoms with E-state index in [0.717, 1.165) is 28.7 Å². The van der Waals surface area contributed by atoms with Crippen molar-refractivity contribution in [3.63, 3.8) is 0 Å². The van der Waals surface area contributed by atoms with Crippen molar-refractivity contribution in [3.05, 3.63) is 72.7 Å². The van der Waals surface area contributed by atoms with Crippen LogP contribution in [0.2, 0.25) is 0 Å². The molecule has 0 radical (unpaired) electrons. The monoisotopic (exact) mass is 466 g/mol. The summed E-state index contributed by atoms with van der Waals surface area (Å²) in [4.78, 5) is 24.0. The largest absolute Gasteiger partial charge is 0.364 e. The van der Waals surface area contributed by atoms with Crippen LogP contribution < -0.4 is 10.6 Å². The van der Waals surface area contributed by atoms with Crippen LogP contribution >= 0.6 is 0 Å². The maximum atomic E-state index is 12.6. The van der Waals surface area contributed by atoms with E-state index < -0.39 is 11.8 Å². The maximum absolute atomic E-state index is 12.6. The molecule has 0 aliphatic carbocycles. The minimum Gasteiger partial charge on any atom is -0.364 e. The second-order valence-electron chi connectivity index (χ2n) is 8.15. The number of primary amides is 1. The second-order valence-corrected chi connectivity index (χ2v) is 8.15. The first-order chi connectivity index (χ1) is 16.1. The average Bonchev–Trinajstić information content (AvgIpc) is 3.51. The average molecular weight is 466 g/mol. The molecule has 0 unspecified atom stereocenters. The highest BCUT2D eigenvalue weighted by molar-refractivity contribution is 5.98. The summed E-state index contributed by atoms with van der Waals surface area (Å²) in [5.74, 6) is -4.78. The van der Waals surface area contributed by atoms with Gasteiger partial charge >= 0.3 is 5.92 Å². The van der Waals surface area contributed by atoms with E-state index in [-0.39, 0.29) is 11.9 Å². The molecule has 4 aromatic rings. The molecular weight excluding hydrogens is 442 g/mol. The number of nitrogens with two attached hydrogens (primary N) is 1. The highest BCUT2D eigenvalue weighted by Gasteiger charge is 2.33. The van der Waals surface area contributed by atoms with Crippen molar-refractivity contribution in [3.8, 4) is 5.69 Å². The first-order valence-corrected chi connectivity index (χ1v) is 10.7. The topological polar surface area (TPSA) is 99.0 Å². The lowest BCUT2D eigenvalue weighted by Gasteiger charge is -2.25. The van der Waals surface area contributed by atoms with E-state index in [0.29, 0.717) is 13.3 Å². The van der Waals surface area contributed by atoms with Crippen LogP contribution in [0.15, 0.2) is 67.1 Å². The van der Waals surface area contributed by atoms with Crippen molar-refractivity contribution in [1.82, 2.24) is 19.6 Å². The normalized spacial score (nSPS) is 15.9. The number of carbonyl (C=O) groups is 2. The molecule has 10 heteroatoms. The lowest BCUT2D eigenvalue weighted by Crippen LogP contribution is -2.31. The third kappa shape index (κ3) is 4.66. The number of aryl methyl sites for hydroxylation is 1. The molecule has 3 heterocycles. The Kier molecular flexibility index (Phi) is 6.14. The zero-order valence-corrected chi connectivity index (χ0v) is 18.7. The molecule has 34 heavy (non-hydrogen) atoms. The Morgan fingerprint density at radius 1 is 1.09 bits per heavy atom. The van der Waals surface area contributed by atoms with Crippen molar-refractivity contribution in [1.29, 1.82) is 0 Å². The number of hydrogen-bond donors (Lipinski definition) is 1. The van der Waals surface area contributed by atoms with Crippen molar-refractivity contribution < 1.29 is 18.4 Å². The Morgan fingerprint density at radius 2 is 1.79 bits per heavy atom. The summed E-state index contributed by atoms with van der Waals surface area (Å²) >= 11 is 0. The standard InChI is InChI=1S/C21H19N5O.C3H5F2NO/c1-24-14-18(13-22-24)26-20-8-7-17(11-16(20)12-23-26)25-19(9-10-21(25)27)15-5-3-2-4-6-15;1-3(4,5)2(6)7/h2-8,11-14,19H,9-10H2,1H3;1H3,(H2,6,7)/t19-;/m0./s1. The third-order valence-corrected chi connectivity index (χ3v) is 5.59. The summed E-state index contributed by atoms with van der Waals surface area (Å²) in [5, 5.41) is 9.72. The molecule has 0 saturated carbocycles. The molecule has 176 valence electrons. The van der Waals surface area contributed by atoms with Gasteiger partial charge in [-0.1, -0.05) is 30.3 Å². The fourth-order valence-electron chi connectivity index (χ4n) is 3.89. The number of aromatic nitrogens is 4. The number of hydrogen-bond acceptors (Lipinski definition) is 4. The molecule has 2 amide bonds. The minimum atomic E-state index is -3.36. The Hall–Kier alpha value is -4.08. The Morgan fingerprint density at radius 3 is 2.41 bits per heavy atom. The molecule has 1 aliphatic heterocycles. The number of carbonyl (C=O) groups excluding carboxylic acids is 2.